The zero-order valence-corrected chi connectivity index (χ0v) is 11.2. The van der Waals surface area contributed by atoms with Crippen molar-refractivity contribution < 1.29 is 9.18 Å². The molecule has 1 amide bonds. The smallest absolute Gasteiger partial charge is 0.255 e. The average molecular weight is 265 g/mol. The summed E-state index contributed by atoms with van der Waals surface area (Å²) in [5.41, 5.74) is 0.0101. The molecule has 1 atom stereocenters. The second-order valence-corrected chi connectivity index (χ2v) is 5.16. The third kappa shape index (κ3) is 3.99. The standard InChI is InChI=1S/C14H20FN3O/c1-11(10-18-7-2-3-8-18)9-17-14(19)12-5-4-6-16-13(12)15/h4-6,11H,2-3,7-10H2,1H3,(H,17,19). The number of hydrogen-bond donors (Lipinski definition) is 1. The van der Waals surface area contributed by atoms with Crippen molar-refractivity contribution in [2.24, 2.45) is 5.92 Å². The highest BCUT2D eigenvalue weighted by molar-refractivity contribution is 5.94. The molecule has 1 aromatic rings. The molecule has 5 heteroatoms. The van der Waals surface area contributed by atoms with Crippen LogP contribution in [-0.2, 0) is 0 Å². The molecule has 1 aliphatic rings. The van der Waals surface area contributed by atoms with Gasteiger partial charge in [0, 0.05) is 19.3 Å². The fourth-order valence-corrected chi connectivity index (χ4v) is 2.39. The van der Waals surface area contributed by atoms with Crippen molar-refractivity contribution in [2.45, 2.75) is 19.8 Å². The van der Waals surface area contributed by atoms with Gasteiger partial charge in [0.1, 0.15) is 0 Å². The van der Waals surface area contributed by atoms with Gasteiger partial charge < -0.3 is 10.2 Å². The number of carbonyl (C=O) groups excluding carboxylic acids is 1. The van der Waals surface area contributed by atoms with Gasteiger partial charge in [0.25, 0.3) is 5.91 Å². The largest absolute Gasteiger partial charge is 0.352 e. The second-order valence-electron chi connectivity index (χ2n) is 5.16. The molecular weight excluding hydrogens is 245 g/mol. The molecule has 1 aromatic heterocycles. The van der Waals surface area contributed by atoms with Gasteiger partial charge in [0.15, 0.2) is 0 Å². The summed E-state index contributed by atoms with van der Waals surface area (Å²) in [4.78, 5) is 17.7. The van der Waals surface area contributed by atoms with Crippen LogP contribution in [0.5, 0.6) is 0 Å². The fraction of sp³-hybridized carbons (Fsp3) is 0.571. The van der Waals surface area contributed by atoms with Crippen LogP contribution in [0, 0.1) is 11.9 Å². The Morgan fingerprint density at radius 2 is 2.26 bits per heavy atom. The number of amides is 1. The van der Waals surface area contributed by atoms with Gasteiger partial charge in [-0.15, -0.1) is 0 Å². The van der Waals surface area contributed by atoms with Crippen molar-refractivity contribution >= 4 is 5.91 Å². The zero-order chi connectivity index (χ0) is 13.7. The minimum Gasteiger partial charge on any atom is -0.352 e. The summed E-state index contributed by atoms with van der Waals surface area (Å²) in [5.74, 6) is -0.743. The first-order valence-electron chi connectivity index (χ1n) is 6.78. The van der Waals surface area contributed by atoms with Gasteiger partial charge in [-0.25, -0.2) is 4.98 Å². The van der Waals surface area contributed by atoms with Crippen molar-refractivity contribution in [3.8, 4) is 0 Å². The highest BCUT2D eigenvalue weighted by Gasteiger charge is 2.16. The third-order valence-electron chi connectivity index (χ3n) is 3.38. The van der Waals surface area contributed by atoms with E-state index in [1.54, 1.807) is 6.07 Å². The minimum atomic E-state index is -0.716. The Balaban J connectivity index is 1.78. The summed E-state index contributed by atoms with van der Waals surface area (Å²) >= 11 is 0. The monoisotopic (exact) mass is 265 g/mol. The molecule has 0 saturated carbocycles. The summed E-state index contributed by atoms with van der Waals surface area (Å²) in [6, 6.07) is 3.01. The van der Waals surface area contributed by atoms with Crippen LogP contribution >= 0.6 is 0 Å². The van der Waals surface area contributed by atoms with Crippen LogP contribution in [0.4, 0.5) is 4.39 Å². The molecule has 0 radical (unpaired) electrons. The number of nitrogens with zero attached hydrogens (tertiary/aromatic N) is 2. The van der Waals surface area contributed by atoms with Gasteiger partial charge in [-0.05, 0) is 44.0 Å². The first-order chi connectivity index (χ1) is 9.16. The maximum atomic E-state index is 13.3. The molecule has 2 rings (SSSR count). The van der Waals surface area contributed by atoms with Crippen LogP contribution in [0.15, 0.2) is 18.3 Å². The molecular formula is C14H20FN3O. The van der Waals surface area contributed by atoms with E-state index >= 15 is 0 Å². The van der Waals surface area contributed by atoms with E-state index in [0.717, 1.165) is 19.6 Å². The predicted molar refractivity (Wildman–Crippen MR) is 71.4 cm³/mol. The molecule has 0 spiro atoms. The number of halogens is 1. The molecule has 0 aliphatic carbocycles. The summed E-state index contributed by atoms with van der Waals surface area (Å²) in [7, 11) is 0. The quantitative estimate of drug-likeness (QED) is 0.824. The molecule has 1 aliphatic heterocycles. The summed E-state index contributed by atoms with van der Waals surface area (Å²) in [5, 5.41) is 2.77. The summed E-state index contributed by atoms with van der Waals surface area (Å²) < 4.78 is 13.3. The van der Waals surface area contributed by atoms with Gasteiger partial charge in [0.05, 0.1) is 5.56 Å². The van der Waals surface area contributed by atoms with Crippen molar-refractivity contribution in [3.63, 3.8) is 0 Å². The Hall–Kier alpha value is -1.49. The average Bonchev–Trinajstić information content (AvgIpc) is 2.89. The molecule has 4 nitrogen and oxygen atoms in total. The Labute approximate surface area is 113 Å². The number of rotatable bonds is 5. The summed E-state index contributed by atoms with van der Waals surface area (Å²) in [6.07, 6.45) is 3.86. The molecule has 1 unspecified atom stereocenters. The molecule has 104 valence electrons. The van der Waals surface area contributed by atoms with Crippen LogP contribution in [-0.4, -0.2) is 42.0 Å². The molecule has 1 saturated heterocycles. The number of likely N-dealkylation sites (tertiary alicyclic amines) is 1. The lowest BCUT2D eigenvalue weighted by molar-refractivity contribution is 0.0940. The van der Waals surface area contributed by atoms with Crippen LogP contribution in [0.25, 0.3) is 0 Å². The maximum absolute atomic E-state index is 13.3. The van der Waals surface area contributed by atoms with Gasteiger partial charge >= 0.3 is 0 Å². The second kappa shape index (κ2) is 6.61. The van der Waals surface area contributed by atoms with Crippen LogP contribution in [0.2, 0.25) is 0 Å². The lowest BCUT2D eigenvalue weighted by Crippen LogP contribution is -2.34. The fourth-order valence-electron chi connectivity index (χ4n) is 2.39. The predicted octanol–water partition coefficient (Wildman–Crippen LogP) is 1.68. The number of hydrogen-bond acceptors (Lipinski definition) is 3. The molecule has 0 bridgehead atoms. The molecule has 1 N–H and O–H groups in total. The van der Waals surface area contributed by atoms with Crippen molar-refractivity contribution in [3.05, 3.63) is 29.8 Å². The SMILES string of the molecule is CC(CNC(=O)c1cccnc1F)CN1CCCC1. The van der Waals surface area contributed by atoms with Crippen LogP contribution in [0.3, 0.4) is 0 Å². The first-order valence-corrected chi connectivity index (χ1v) is 6.78. The van der Waals surface area contributed by atoms with Gasteiger partial charge in [0.2, 0.25) is 5.95 Å². The Bertz CT molecular complexity index is 432. The van der Waals surface area contributed by atoms with E-state index in [1.807, 2.05) is 0 Å². The highest BCUT2D eigenvalue weighted by Crippen LogP contribution is 2.10. The summed E-state index contributed by atoms with van der Waals surface area (Å²) in [6.45, 7) is 5.93. The van der Waals surface area contributed by atoms with Crippen LogP contribution < -0.4 is 5.32 Å². The highest BCUT2D eigenvalue weighted by atomic mass is 19.1. The van der Waals surface area contributed by atoms with E-state index in [9.17, 15) is 9.18 Å². The van der Waals surface area contributed by atoms with Crippen molar-refractivity contribution in [1.29, 1.82) is 0 Å². The minimum absolute atomic E-state index is 0.0101. The van der Waals surface area contributed by atoms with Crippen LogP contribution in [0.1, 0.15) is 30.1 Å². The van der Waals surface area contributed by atoms with Crippen molar-refractivity contribution in [2.75, 3.05) is 26.2 Å². The Morgan fingerprint density at radius 3 is 2.95 bits per heavy atom. The number of aromatic nitrogens is 1. The number of nitrogens with one attached hydrogen (secondary N) is 1. The van der Waals surface area contributed by atoms with E-state index in [1.165, 1.54) is 25.1 Å². The van der Waals surface area contributed by atoms with Crippen molar-refractivity contribution in [1.82, 2.24) is 15.2 Å². The molecule has 0 aromatic carbocycles. The third-order valence-corrected chi connectivity index (χ3v) is 3.38. The Morgan fingerprint density at radius 1 is 1.53 bits per heavy atom. The first kappa shape index (κ1) is 13.9. The van der Waals surface area contributed by atoms with E-state index in [4.69, 9.17) is 0 Å². The van der Waals surface area contributed by atoms with E-state index < -0.39 is 5.95 Å². The molecule has 19 heavy (non-hydrogen) atoms. The Kier molecular flexibility index (Phi) is 4.85. The number of carbonyl (C=O) groups is 1. The maximum Gasteiger partial charge on any atom is 0.255 e. The van der Waals surface area contributed by atoms with Gasteiger partial charge in [-0.2, -0.15) is 4.39 Å². The normalized spacial score (nSPS) is 17.4. The van der Waals surface area contributed by atoms with Gasteiger partial charge in [-0.1, -0.05) is 6.92 Å². The topological polar surface area (TPSA) is 45.2 Å². The van der Waals surface area contributed by atoms with E-state index in [-0.39, 0.29) is 11.5 Å². The lowest BCUT2D eigenvalue weighted by Gasteiger charge is -2.20. The van der Waals surface area contributed by atoms with E-state index in [2.05, 4.69) is 22.1 Å². The molecule has 2 heterocycles. The lowest BCUT2D eigenvalue weighted by atomic mass is 10.1. The zero-order valence-electron chi connectivity index (χ0n) is 11.2. The molecule has 1 fully saturated rings. The number of pyridine rings is 1. The van der Waals surface area contributed by atoms with Gasteiger partial charge in [-0.3, -0.25) is 4.79 Å². The van der Waals surface area contributed by atoms with E-state index in [0.29, 0.717) is 12.5 Å².